The van der Waals surface area contributed by atoms with Crippen molar-refractivity contribution in [1.82, 2.24) is 15.0 Å². The number of hydrogen-bond acceptors (Lipinski definition) is 5. The minimum absolute atomic E-state index is 0.00341. The van der Waals surface area contributed by atoms with Crippen LogP contribution in [-0.2, 0) is 11.1 Å². The van der Waals surface area contributed by atoms with Crippen LogP contribution in [0.15, 0.2) is 34.9 Å². The Hall–Kier alpha value is -2.21. The topological polar surface area (TPSA) is 85.2 Å². The van der Waals surface area contributed by atoms with Crippen molar-refractivity contribution in [1.29, 1.82) is 0 Å². The highest BCUT2D eigenvalue weighted by atomic mass is 16.5. The fraction of sp³-hybridized carbons (Fsp3) is 0.526. The van der Waals surface area contributed by atoms with E-state index in [-0.39, 0.29) is 5.91 Å². The lowest BCUT2D eigenvalue weighted by atomic mass is 9.96. The highest BCUT2D eigenvalue weighted by Crippen LogP contribution is 2.40. The Labute approximate surface area is 147 Å². The van der Waals surface area contributed by atoms with Crippen LogP contribution in [0.5, 0.6) is 0 Å². The summed E-state index contributed by atoms with van der Waals surface area (Å²) in [4.78, 5) is 19.5. The van der Waals surface area contributed by atoms with Crippen LogP contribution in [0.2, 0.25) is 0 Å². The lowest BCUT2D eigenvalue weighted by Gasteiger charge is -2.32. The molecule has 1 saturated carbocycles. The lowest BCUT2D eigenvalue weighted by molar-refractivity contribution is 0.0551. The summed E-state index contributed by atoms with van der Waals surface area (Å²) in [5, 5.41) is 4.18. The Balaban J connectivity index is 1.64. The van der Waals surface area contributed by atoms with Gasteiger partial charge in [-0.1, -0.05) is 36.2 Å². The van der Waals surface area contributed by atoms with Crippen LogP contribution in [0.3, 0.4) is 0 Å². The maximum Gasteiger partial charge on any atom is 0.254 e. The first kappa shape index (κ1) is 16.3. The van der Waals surface area contributed by atoms with Gasteiger partial charge in [-0.2, -0.15) is 4.98 Å². The Kier molecular flexibility index (Phi) is 3.87. The van der Waals surface area contributed by atoms with Gasteiger partial charge in [0.15, 0.2) is 5.82 Å². The Morgan fingerprint density at radius 1 is 1.16 bits per heavy atom. The molecule has 1 amide bonds. The van der Waals surface area contributed by atoms with Gasteiger partial charge in [-0.25, -0.2) is 0 Å². The van der Waals surface area contributed by atoms with Crippen molar-refractivity contribution in [2.45, 2.75) is 56.5 Å². The molecule has 1 aliphatic carbocycles. The van der Waals surface area contributed by atoms with E-state index in [1.165, 1.54) is 0 Å². The van der Waals surface area contributed by atoms with Crippen molar-refractivity contribution in [2.75, 3.05) is 6.54 Å². The van der Waals surface area contributed by atoms with Crippen LogP contribution in [0.1, 0.15) is 67.5 Å². The lowest BCUT2D eigenvalue weighted by Crippen LogP contribution is -2.43. The fourth-order valence-corrected chi connectivity index (χ4v) is 4.12. The van der Waals surface area contributed by atoms with Gasteiger partial charge in [0.05, 0.1) is 5.54 Å². The number of carbonyl (C=O) groups is 1. The standard InChI is InChI=1S/C19H24N4O2/c1-18(17-21-16(22-25-17)19(20)11-5-6-12-19)10-7-13-23(18)15(24)14-8-3-2-4-9-14/h2-4,8-9H,5-7,10-13,20H2,1H3. The second-order valence-electron chi connectivity index (χ2n) is 7.49. The monoisotopic (exact) mass is 340 g/mol. The molecule has 25 heavy (non-hydrogen) atoms. The van der Waals surface area contributed by atoms with Crippen molar-refractivity contribution in [2.24, 2.45) is 5.73 Å². The van der Waals surface area contributed by atoms with E-state index in [2.05, 4.69) is 10.1 Å². The number of rotatable bonds is 3. The quantitative estimate of drug-likeness (QED) is 0.928. The second kappa shape index (κ2) is 5.95. The van der Waals surface area contributed by atoms with Gasteiger partial charge in [-0.05, 0) is 44.7 Å². The number of amides is 1. The Morgan fingerprint density at radius 3 is 2.60 bits per heavy atom. The first-order valence-electron chi connectivity index (χ1n) is 9.04. The third kappa shape index (κ3) is 2.65. The normalized spacial score (nSPS) is 25.4. The van der Waals surface area contributed by atoms with Crippen LogP contribution in [-0.4, -0.2) is 27.5 Å². The summed E-state index contributed by atoms with van der Waals surface area (Å²) < 4.78 is 5.61. The van der Waals surface area contributed by atoms with Gasteiger partial charge in [0.1, 0.15) is 5.54 Å². The van der Waals surface area contributed by atoms with Gasteiger partial charge < -0.3 is 15.2 Å². The number of nitrogens with zero attached hydrogens (tertiary/aromatic N) is 3. The molecule has 1 aromatic carbocycles. The summed E-state index contributed by atoms with van der Waals surface area (Å²) in [6, 6.07) is 9.35. The molecule has 132 valence electrons. The third-order valence-corrected chi connectivity index (χ3v) is 5.73. The minimum atomic E-state index is -0.576. The molecule has 1 saturated heterocycles. The van der Waals surface area contributed by atoms with E-state index < -0.39 is 11.1 Å². The maximum atomic E-state index is 13.0. The Bertz CT molecular complexity index is 767. The van der Waals surface area contributed by atoms with E-state index in [0.717, 1.165) is 38.5 Å². The van der Waals surface area contributed by atoms with Crippen molar-refractivity contribution < 1.29 is 9.32 Å². The van der Waals surface area contributed by atoms with Gasteiger partial charge in [-0.3, -0.25) is 4.79 Å². The molecular weight excluding hydrogens is 316 g/mol. The molecule has 1 aliphatic heterocycles. The smallest absolute Gasteiger partial charge is 0.254 e. The average Bonchev–Trinajstić information content (AvgIpc) is 3.35. The molecule has 2 N–H and O–H groups in total. The summed E-state index contributed by atoms with van der Waals surface area (Å²) in [6.45, 7) is 2.70. The summed E-state index contributed by atoms with van der Waals surface area (Å²) in [5.41, 5.74) is 6.08. The van der Waals surface area contributed by atoms with Crippen LogP contribution >= 0.6 is 0 Å². The van der Waals surface area contributed by atoms with E-state index >= 15 is 0 Å². The number of likely N-dealkylation sites (tertiary alicyclic amines) is 1. The largest absolute Gasteiger partial charge is 0.337 e. The van der Waals surface area contributed by atoms with E-state index in [1.54, 1.807) is 0 Å². The Morgan fingerprint density at radius 2 is 1.88 bits per heavy atom. The molecule has 0 spiro atoms. The van der Waals surface area contributed by atoms with Crippen LogP contribution in [0.4, 0.5) is 0 Å². The zero-order chi connectivity index (χ0) is 17.5. The van der Waals surface area contributed by atoms with Gasteiger partial charge in [0, 0.05) is 12.1 Å². The molecule has 2 aromatic rings. The SMILES string of the molecule is CC1(c2nc(C3(N)CCCC3)no2)CCCN1C(=O)c1ccccc1. The molecule has 1 aromatic heterocycles. The molecule has 1 atom stereocenters. The summed E-state index contributed by atoms with van der Waals surface area (Å²) in [6.07, 6.45) is 5.68. The molecule has 2 aliphatic rings. The fourth-order valence-electron chi connectivity index (χ4n) is 4.12. The van der Waals surface area contributed by atoms with Crippen molar-refractivity contribution >= 4 is 5.91 Å². The highest BCUT2D eigenvalue weighted by Gasteiger charge is 2.47. The zero-order valence-corrected chi connectivity index (χ0v) is 14.6. The van der Waals surface area contributed by atoms with Crippen LogP contribution in [0, 0.1) is 0 Å². The average molecular weight is 340 g/mol. The molecule has 1 unspecified atom stereocenters. The van der Waals surface area contributed by atoms with Gasteiger partial charge in [0.25, 0.3) is 11.8 Å². The maximum absolute atomic E-state index is 13.0. The van der Waals surface area contributed by atoms with E-state index in [9.17, 15) is 4.79 Å². The number of nitrogens with two attached hydrogens (primary N) is 1. The predicted molar refractivity (Wildman–Crippen MR) is 92.7 cm³/mol. The molecule has 2 heterocycles. The number of benzene rings is 1. The molecule has 4 rings (SSSR count). The summed E-state index contributed by atoms with van der Waals surface area (Å²) >= 11 is 0. The van der Waals surface area contributed by atoms with Crippen molar-refractivity contribution in [3.05, 3.63) is 47.6 Å². The van der Waals surface area contributed by atoms with Gasteiger partial charge >= 0.3 is 0 Å². The molecular formula is C19H24N4O2. The van der Waals surface area contributed by atoms with Crippen LogP contribution < -0.4 is 5.73 Å². The molecule has 0 bridgehead atoms. The van der Waals surface area contributed by atoms with Crippen molar-refractivity contribution in [3.63, 3.8) is 0 Å². The third-order valence-electron chi connectivity index (χ3n) is 5.73. The second-order valence-corrected chi connectivity index (χ2v) is 7.49. The first-order chi connectivity index (χ1) is 12.0. The van der Waals surface area contributed by atoms with E-state index in [4.69, 9.17) is 10.3 Å². The predicted octanol–water partition coefficient (Wildman–Crippen LogP) is 2.95. The minimum Gasteiger partial charge on any atom is -0.337 e. The van der Waals surface area contributed by atoms with Crippen LogP contribution in [0.25, 0.3) is 0 Å². The van der Waals surface area contributed by atoms with E-state index in [0.29, 0.717) is 23.8 Å². The number of carbonyl (C=O) groups excluding carboxylic acids is 1. The number of aromatic nitrogens is 2. The summed E-state index contributed by atoms with van der Waals surface area (Å²) in [5.74, 6) is 1.09. The van der Waals surface area contributed by atoms with Gasteiger partial charge in [0.2, 0.25) is 0 Å². The molecule has 2 fully saturated rings. The zero-order valence-electron chi connectivity index (χ0n) is 14.6. The molecule has 6 nitrogen and oxygen atoms in total. The molecule has 0 radical (unpaired) electrons. The number of hydrogen-bond donors (Lipinski definition) is 1. The van der Waals surface area contributed by atoms with Crippen molar-refractivity contribution in [3.8, 4) is 0 Å². The van der Waals surface area contributed by atoms with Gasteiger partial charge in [-0.15, -0.1) is 0 Å². The first-order valence-corrected chi connectivity index (χ1v) is 9.04. The highest BCUT2D eigenvalue weighted by molar-refractivity contribution is 5.94. The summed E-state index contributed by atoms with van der Waals surface area (Å²) in [7, 11) is 0. The van der Waals surface area contributed by atoms with E-state index in [1.807, 2.05) is 42.2 Å². The molecule has 6 heteroatoms.